The standard InChI is InChI=1S/C15H20BrNO/c16-14-8-4-3-7-13(14)15-11-17(9-10-18-15)12-5-1-2-6-12/h3-4,7-8,12,15H,1-2,5-6,9-11H2. The Morgan fingerprint density at radius 3 is 2.72 bits per heavy atom. The third-order valence-corrected chi connectivity index (χ3v) is 4.91. The quantitative estimate of drug-likeness (QED) is 0.824. The molecule has 1 unspecified atom stereocenters. The molecule has 0 aromatic heterocycles. The molecule has 1 aromatic carbocycles. The van der Waals surface area contributed by atoms with E-state index in [4.69, 9.17) is 4.74 Å². The van der Waals surface area contributed by atoms with Gasteiger partial charge in [0.15, 0.2) is 0 Å². The first-order valence-corrected chi connectivity index (χ1v) is 7.74. The van der Waals surface area contributed by atoms with Gasteiger partial charge >= 0.3 is 0 Å². The Morgan fingerprint density at radius 2 is 1.94 bits per heavy atom. The Labute approximate surface area is 117 Å². The molecule has 0 N–H and O–H groups in total. The molecule has 0 bridgehead atoms. The number of halogens is 1. The SMILES string of the molecule is Brc1ccccc1C1CN(C2CCCC2)CCO1. The van der Waals surface area contributed by atoms with E-state index < -0.39 is 0 Å². The lowest BCUT2D eigenvalue weighted by atomic mass is 10.1. The van der Waals surface area contributed by atoms with Crippen molar-refractivity contribution in [2.75, 3.05) is 19.7 Å². The summed E-state index contributed by atoms with van der Waals surface area (Å²) in [5.74, 6) is 0. The average Bonchev–Trinajstić information content (AvgIpc) is 2.93. The molecule has 0 amide bonds. The second kappa shape index (κ2) is 5.72. The van der Waals surface area contributed by atoms with E-state index in [1.54, 1.807) is 0 Å². The first-order valence-electron chi connectivity index (χ1n) is 6.94. The van der Waals surface area contributed by atoms with Crippen LogP contribution >= 0.6 is 15.9 Å². The van der Waals surface area contributed by atoms with E-state index in [0.29, 0.717) is 0 Å². The zero-order valence-corrected chi connectivity index (χ0v) is 12.2. The smallest absolute Gasteiger partial charge is 0.0963 e. The molecule has 18 heavy (non-hydrogen) atoms. The van der Waals surface area contributed by atoms with Crippen LogP contribution in [0.2, 0.25) is 0 Å². The zero-order valence-electron chi connectivity index (χ0n) is 10.6. The van der Waals surface area contributed by atoms with Crippen molar-refractivity contribution in [3.63, 3.8) is 0 Å². The summed E-state index contributed by atoms with van der Waals surface area (Å²) in [7, 11) is 0. The highest BCUT2D eigenvalue weighted by Crippen LogP contribution is 2.32. The summed E-state index contributed by atoms with van der Waals surface area (Å²) in [6.07, 6.45) is 5.80. The number of nitrogens with zero attached hydrogens (tertiary/aromatic N) is 1. The van der Waals surface area contributed by atoms with Gasteiger partial charge in [0.05, 0.1) is 12.7 Å². The van der Waals surface area contributed by atoms with Gasteiger partial charge in [0.1, 0.15) is 0 Å². The monoisotopic (exact) mass is 309 g/mol. The van der Waals surface area contributed by atoms with E-state index in [2.05, 4.69) is 45.1 Å². The number of hydrogen-bond acceptors (Lipinski definition) is 2. The molecular weight excluding hydrogens is 290 g/mol. The van der Waals surface area contributed by atoms with Crippen molar-refractivity contribution >= 4 is 15.9 Å². The van der Waals surface area contributed by atoms with Crippen molar-refractivity contribution < 1.29 is 4.74 Å². The number of benzene rings is 1. The Balaban J connectivity index is 1.72. The Kier molecular flexibility index (Phi) is 4.02. The van der Waals surface area contributed by atoms with E-state index in [1.807, 2.05) is 0 Å². The molecule has 2 nitrogen and oxygen atoms in total. The van der Waals surface area contributed by atoms with E-state index in [0.717, 1.165) is 25.7 Å². The highest BCUT2D eigenvalue weighted by atomic mass is 79.9. The topological polar surface area (TPSA) is 12.5 Å². The van der Waals surface area contributed by atoms with Gasteiger partial charge in [-0.05, 0) is 24.5 Å². The summed E-state index contributed by atoms with van der Waals surface area (Å²) in [6, 6.07) is 9.24. The van der Waals surface area contributed by atoms with Crippen LogP contribution in [-0.4, -0.2) is 30.6 Å². The predicted molar refractivity (Wildman–Crippen MR) is 76.7 cm³/mol. The summed E-state index contributed by atoms with van der Waals surface area (Å²) in [5, 5.41) is 0. The first-order chi connectivity index (χ1) is 8.84. The van der Waals surface area contributed by atoms with Crippen molar-refractivity contribution in [2.24, 2.45) is 0 Å². The second-order valence-corrected chi connectivity index (χ2v) is 6.17. The molecule has 3 rings (SSSR count). The van der Waals surface area contributed by atoms with Gasteiger partial charge in [-0.1, -0.05) is 47.0 Å². The molecule has 1 aliphatic carbocycles. The lowest BCUT2D eigenvalue weighted by Gasteiger charge is -2.37. The van der Waals surface area contributed by atoms with Crippen LogP contribution in [0.5, 0.6) is 0 Å². The molecule has 1 saturated carbocycles. The molecule has 1 atom stereocenters. The molecule has 3 heteroatoms. The summed E-state index contributed by atoms with van der Waals surface area (Å²) in [6.45, 7) is 3.02. The van der Waals surface area contributed by atoms with Crippen molar-refractivity contribution in [1.82, 2.24) is 4.90 Å². The number of hydrogen-bond donors (Lipinski definition) is 0. The van der Waals surface area contributed by atoms with Gasteiger partial charge in [-0.15, -0.1) is 0 Å². The fraction of sp³-hybridized carbons (Fsp3) is 0.600. The Bertz CT molecular complexity index is 403. The number of rotatable bonds is 2. The summed E-state index contributed by atoms with van der Waals surface area (Å²) >= 11 is 3.64. The van der Waals surface area contributed by atoms with Crippen molar-refractivity contribution in [3.8, 4) is 0 Å². The molecular formula is C15H20BrNO. The summed E-state index contributed by atoms with van der Waals surface area (Å²) in [4.78, 5) is 2.64. The van der Waals surface area contributed by atoms with Gasteiger partial charge in [0, 0.05) is 23.6 Å². The Morgan fingerprint density at radius 1 is 1.17 bits per heavy atom. The minimum atomic E-state index is 0.231. The highest BCUT2D eigenvalue weighted by Gasteiger charge is 2.29. The van der Waals surface area contributed by atoms with Crippen LogP contribution in [0.1, 0.15) is 37.4 Å². The normalized spacial score (nSPS) is 26.6. The molecule has 2 aliphatic rings. The minimum absolute atomic E-state index is 0.231. The molecule has 0 radical (unpaired) electrons. The molecule has 1 aromatic rings. The summed E-state index contributed by atoms with van der Waals surface area (Å²) in [5.41, 5.74) is 1.29. The molecule has 1 heterocycles. The van der Waals surface area contributed by atoms with Crippen molar-refractivity contribution in [1.29, 1.82) is 0 Å². The van der Waals surface area contributed by atoms with Crippen LogP contribution in [0.25, 0.3) is 0 Å². The third kappa shape index (κ3) is 2.63. The van der Waals surface area contributed by atoms with Crippen LogP contribution in [-0.2, 0) is 4.74 Å². The van der Waals surface area contributed by atoms with Crippen LogP contribution in [0.3, 0.4) is 0 Å². The molecule has 0 spiro atoms. The zero-order chi connectivity index (χ0) is 12.4. The first kappa shape index (κ1) is 12.6. The van der Waals surface area contributed by atoms with Gasteiger partial charge in [0.25, 0.3) is 0 Å². The van der Waals surface area contributed by atoms with E-state index >= 15 is 0 Å². The largest absolute Gasteiger partial charge is 0.371 e. The van der Waals surface area contributed by atoms with E-state index in [1.165, 1.54) is 35.7 Å². The fourth-order valence-corrected chi connectivity index (χ4v) is 3.73. The molecule has 98 valence electrons. The van der Waals surface area contributed by atoms with Crippen molar-refractivity contribution in [2.45, 2.75) is 37.8 Å². The fourth-order valence-electron chi connectivity index (χ4n) is 3.19. The second-order valence-electron chi connectivity index (χ2n) is 5.31. The number of morpholine rings is 1. The summed E-state index contributed by atoms with van der Waals surface area (Å²) < 4.78 is 7.13. The van der Waals surface area contributed by atoms with Gasteiger partial charge in [-0.3, -0.25) is 4.90 Å². The molecule has 2 fully saturated rings. The van der Waals surface area contributed by atoms with Gasteiger partial charge in [0.2, 0.25) is 0 Å². The molecule has 1 aliphatic heterocycles. The Hall–Kier alpha value is -0.380. The van der Waals surface area contributed by atoms with Gasteiger partial charge in [-0.2, -0.15) is 0 Å². The van der Waals surface area contributed by atoms with E-state index in [9.17, 15) is 0 Å². The minimum Gasteiger partial charge on any atom is -0.371 e. The van der Waals surface area contributed by atoms with Gasteiger partial charge in [-0.25, -0.2) is 0 Å². The molecule has 1 saturated heterocycles. The number of ether oxygens (including phenoxy) is 1. The van der Waals surface area contributed by atoms with Crippen LogP contribution in [0.4, 0.5) is 0 Å². The third-order valence-electron chi connectivity index (χ3n) is 4.19. The van der Waals surface area contributed by atoms with Crippen LogP contribution in [0.15, 0.2) is 28.7 Å². The van der Waals surface area contributed by atoms with E-state index in [-0.39, 0.29) is 6.10 Å². The van der Waals surface area contributed by atoms with Gasteiger partial charge < -0.3 is 4.74 Å². The maximum Gasteiger partial charge on any atom is 0.0963 e. The van der Waals surface area contributed by atoms with Crippen LogP contribution in [0, 0.1) is 0 Å². The average molecular weight is 310 g/mol. The lowest BCUT2D eigenvalue weighted by Crippen LogP contribution is -2.43. The van der Waals surface area contributed by atoms with Crippen molar-refractivity contribution in [3.05, 3.63) is 34.3 Å². The van der Waals surface area contributed by atoms with Crippen LogP contribution < -0.4 is 0 Å². The maximum atomic E-state index is 5.96. The highest BCUT2D eigenvalue weighted by molar-refractivity contribution is 9.10. The lowest BCUT2D eigenvalue weighted by molar-refractivity contribution is -0.0443. The maximum absolute atomic E-state index is 5.96. The predicted octanol–water partition coefficient (Wildman–Crippen LogP) is 3.77.